The van der Waals surface area contributed by atoms with Gasteiger partial charge in [0.15, 0.2) is 12.2 Å². The van der Waals surface area contributed by atoms with Gasteiger partial charge >= 0.3 is 11.9 Å². The van der Waals surface area contributed by atoms with Gasteiger partial charge in [-0.2, -0.15) is 0 Å². The summed E-state index contributed by atoms with van der Waals surface area (Å²) < 4.78 is 9.52. The molecule has 0 aliphatic carbocycles. The highest BCUT2D eigenvalue weighted by molar-refractivity contribution is 5.96. The lowest BCUT2D eigenvalue weighted by Gasteiger charge is -2.40. The molecule has 0 N–H and O–H groups in total. The summed E-state index contributed by atoms with van der Waals surface area (Å²) in [6.45, 7) is 1.91. The van der Waals surface area contributed by atoms with Gasteiger partial charge in [-0.15, -0.1) is 0 Å². The fraction of sp³-hybridized carbons (Fsp3) is 0.471. The van der Waals surface area contributed by atoms with Crippen LogP contribution in [0.3, 0.4) is 0 Å². The Kier molecular flexibility index (Phi) is 5.92. The number of hydroxylamine groups is 1. The van der Waals surface area contributed by atoms with Gasteiger partial charge < -0.3 is 14.3 Å². The average Bonchev–Trinajstić information content (AvgIpc) is 2.61. The van der Waals surface area contributed by atoms with E-state index in [1.807, 2.05) is 25.1 Å². The number of carbonyl (C=O) groups excluding carboxylic acids is 3. The SMILES string of the molecule is COC(=O)C(C(=O)OC)[C@H]1CC[C@H](C=O)ON1c1cccc(C)c1. The van der Waals surface area contributed by atoms with E-state index in [-0.39, 0.29) is 0 Å². The lowest BCUT2D eigenvalue weighted by atomic mass is 9.92. The van der Waals surface area contributed by atoms with Gasteiger partial charge in [-0.1, -0.05) is 12.1 Å². The quantitative estimate of drug-likeness (QED) is 0.457. The van der Waals surface area contributed by atoms with Gasteiger partial charge in [0, 0.05) is 0 Å². The molecule has 1 heterocycles. The number of nitrogens with zero attached hydrogens (tertiary/aromatic N) is 1. The van der Waals surface area contributed by atoms with Crippen molar-refractivity contribution in [2.75, 3.05) is 19.3 Å². The van der Waals surface area contributed by atoms with Gasteiger partial charge in [-0.05, 0) is 37.5 Å². The van der Waals surface area contributed by atoms with E-state index in [1.54, 1.807) is 6.07 Å². The molecule has 1 fully saturated rings. The van der Waals surface area contributed by atoms with E-state index in [0.717, 1.165) is 5.56 Å². The van der Waals surface area contributed by atoms with Crippen molar-refractivity contribution >= 4 is 23.9 Å². The zero-order valence-electron chi connectivity index (χ0n) is 13.9. The van der Waals surface area contributed by atoms with E-state index in [2.05, 4.69) is 0 Å². The first-order chi connectivity index (χ1) is 11.5. The smallest absolute Gasteiger partial charge is 0.322 e. The molecule has 2 atom stereocenters. The minimum atomic E-state index is -1.16. The molecule has 2 rings (SSSR count). The summed E-state index contributed by atoms with van der Waals surface area (Å²) >= 11 is 0. The van der Waals surface area contributed by atoms with Crippen molar-refractivity contribution in [1.29, 1.82) is 0 Å². The van der Waals surface area contributed by atoms with Crippen molar-refractivity contribution in [2.24, 2.45) is 5.92 Å². The van der Waals surface area contributed by atoms with Crippen molar-refractivity contribution < 1.29 is 28.7 Å². The molecular weight excluding hydrogens is 314 g/mol. The Morgan fingerprint density at radius 2 is 1.92 bits per heavy atom. The fourth-order valence-electron chi connectivity index (χ4n) is 2.81. The molecule has 0 aromatic heterocycles. The Morgan fingerprint density at radius 1 is 1.25 bits per heavy atom. The number of anilines is 1. The highest BCUT2D eigenvalue weighted by Crippen LogP contribution is 2.32. The van der Waals surface area contributed by atoms with Crippen molar-refractivity contribution in [3.05, 3.63) is 29.8 Å². The predicted octanol–water partition coefficient (Wildman–Crippen LogP) is 1.43. The Labute approximate surface area is 140 Å². The molecule has 1 saturated heterocycles. The van der Waals surface area contributed by atoms with Crippen molar-refractivity contribution in [3.8, 4) is 0 Å². The van der Waals surface area contributed by atoms with Crippen LogP contribution >= 0.6 is 0 Å². The van der Waals surface area contributed by atoms with Crippen LogP contribution in [0.2, 0.25) is 0 Å². The van der Waals surface area contributed by atoms with Gasteiger partial charge in [-0.25, -0.2) is 5.06 Å². The maximum atomic E-state index is 12.1. The van der Waals surface area contributed by atoms with Crippen molar-refractivity contribution in [1.82, 2.24) is 0 Å². The number of hydrogen-bond donors (Lipinski definition) is 0. The van der Waals surface area contributed by atoms with Crippen LogP contribution < -0.4 is 5.06 Å². The molecule has 1 aliphatic heterocycles. The van der Waals surface area contributed by atoms with Gasteiger partial charge in [0.05, 0.1) is 25.9 Å². The first-order valence-electron chi connectivity index (χ1n) is 7.65. The molecule has 0 spiro atoms. The first-order valence-corrected chi connectivity index (χ1v) is 7.65. The standard InChI is InChI=1S/C17H21NO6/c1-11-5-4-6-12(9-11)18-14(8-7-13(10-19)24-18)15(16(20)22-2)17(21)23-3/h4-6,9-10,13-15H,7-8H2,1-3H3/t13-,14-/m1/s1. The number of aldehydes is 1. The zero-order chi connectivity index (χ0) is 17.7. The Hall–Kier alpha value is -2.41. The number of esters is 2. The molecule has 130 valence electrons. The zero-order valence-corrected chi connectivity index (χ0v) is 13.9. The average molecular weight is 335 g/mol. The number of hydrogen-bond acceptors (Lipinski definition) is 7. The van der Waals surface area contributed by atoms with E-state index < -0.39 is 30.0 Å². The minimum Gasteiger partial charge on any atom is -0.468 e. The molecule has 0 unspecified atom stereocenters. The summed E-state index contributed by atoms with van der Waals surface area (Å²) in [5.41, 5.74) is 1.64. The van der Waals surface area contributed by atoms with Crippen LogP contribution in [0.25, 0.3) is 0 Å². The van der Waals surface area contributed by atoms with Crippen molar-refractivity contribution in [2.45, 2.75) is 31.9 Å². The van der Waals surface area contributed by atoms with Gasteiger partial charge in [-0.3, -0.25) is 14.4 Å². The maximum Gasteiger partial charge on any atom is 0.322 e. The molecule has 7 heteroatoms. The third-order valence-corrected chi connectivity index (χ3v) is 4.00. The van der Waals surface area contributed by atoms with Crippen LogP contribution in [0.4, 0.5) is 5.69 Å². The van der Waals surface area contributed by atoms with Crippen molar-refractivity contribution in [3.63, 3.8) is 0 Å². The second-order valence-electron chi connectivity index (χ2n) is 5.61. The molecule has 0 saturated carbocycles. The van der Waals surface area contributed by atoms with E-state index in [4.69, 9.17) is 14.3 Å². The number of carbonyl (C=O) groups is 3. The molecular formula is C17H21NO6. The second-order valence-corrected chi connectivity index (χ2v) is 5.61. The lowest BCUT2D eigenvalue weighted by Crippen LogP contribution is -2.52. The summed E-state index contributed by atoms with van der Waals surface area (Å²) in [5, 5.41) is 1.45. The number of rotatable bonds is 5. The monoisotopic (exact) mass is 335 g/mol. The normalized spacial score (nSPS) is 20.6. The highest BCUT2D eigenvalue weighted by atomic mass is 16.7. The van der Waals surface area contributed by atoms with Crippen LogP contribution in [-0.2, 0) is 28.7 Å². The molecule has 24 heavy (non-hydrogen) atoms. The molecule has 1 aliphatic rings. The van der Waals surface area contributed by atoms with Gasteiger partial charge in [0.2, 0.25) is 0 Å². The summed E-state index contributed by atoms with van der Waals surface area (Å²) in [5.74, 6) is -2.55. The molecule has 0 bridgehead atoms. The van der Waals surface area contributed by atoms with E-state index in [1.165, 1.54) is 19.3 Å². The van der Waals surface area contributed by atoms with Gasteiger partial charge in [0.25, 0.3) is 0 Å². The van der Waals surface area contributed by atoms with Crippen LogP contribution in [0.15, 0.2) is 24.3 Å². The summed E-state index contributed by atoms with van der Waals surface area (Å²) in [7, 11) is 2.43. The van der Waals surface area contributed by atoms with Gasteiger partial charge in [0.1, 0.15) is 6.10 Å². The third kappa shape index (κ3) is 3.73. The largest absolute Gasteiger partial charge is 0.468 e. The number of benzene rings is 1. The summed E-state index contributed by atoms with van der Waals surface area (Å²) in [4.78, 5) is 41.1. The maximum absolute atomic E-state index is 12.1. The van der Waals surface area contributed by atoms with Crippen LogP contribution in [0.5, 0.6) is 0 Å². The minimum absolute atomic E-state index is 0.404. The number of aryl methyl sites for hydroxylation is 1. The third-order valence-electron chi connectivity index (χ3n) is 4.00. The highest BCUT2D eigenvalue weighted by Gasteiger charge is 2.44. The lowest BCUT2D eigenvalue weighted by molar-refractivity contribution is -0.163. The Bertz CT molecular complexity index is 601. The van der Waals surface area contributed by atoms with E-state index >= 15 is 0 Å². The molecule has 0 radical (unpaired) electrons. The number of ether oxygens (including phenoxy) is 2. The second kappa shape index (κ2) is 7.92. The summed E-state index contributed by atoms with van der Waals surface area (Å²) in [6, 6.07) is 6.77. The van der Waals surface area contributed by atoms with Crippen LogP contribution in [-0.4, -0.2) is 44.6 Å². The molecule has 1 aromatic carbocycles. The van der Waals surface area contributed by atoms with E-state index in [0.29, 0.717) is 24.8 Å². The summed E-state index contributed by atoms with van der Waals surface area (Å²) in [6.07, 6.45) is 0.898. The van der Waals surface area contributed by atoms with E-state index in [9.17, 15) is 14.4 Å². The number of methoxy groups -OCH3 is 2. The first kappa shape index (κ1) is 17.9. The van der Waals surface area contributed by atoms with Crippen LogP contribution in [0.1, 0.15) is 18.4 Å². The van der Waals surface area contributed by atoms with Crippen LogP contribution in [0, 0.1) is 12.8 Å². The molecule has 7 nitrogen and oxygen atoms in total. The predicted molar refractivity (Wildman–Crippen MR) is 85.1 cm³/mol. The fourth-order valence-corrected chi connectivity index (χ4v) is 2.81. The Balaban J connectivity index is 2.41. The Morgan fingerprint density at radius 3 is 2.46 bits per heavy atom. The molecule has 1 aromatic rings. The molecule has 0 amide bonds. The topological polar surface area (TPSA) is 82.1 Å².